The minimum atomic E-state index is -0.0738. The van der Waals surface area contributed by atoms with Crippen molar-refractivity contribution in [3.05, 3.63) is 154 Å². The zero-order chi connectivity index (χ0) is 38.1. The van der Waals surface area contributed by atoms with Crippen molar-refractivity contribution in [1.29, 1.82) is 0 Å². The molecule has 8 nitrogen and oxygen atoms in total. The van der Waals surface area contributed by atoms with Crippen LogP contribution in [0.4, 0.5) is 11.5 Å². The van der Waals surface area contributed by atoms with Crippen LogP contribution in [0.5, 0.6) is 0 Å². The Morgan fingerprint density at radius 3 is 2.41 bits per heavy atom. The molecule has 0 bridgehead atoms. The molecule has 3 aliphatic carbocycles. The lowest BCUT2D eigenvalue weighted by atomic mass is 9.76. The van der Waals surface area contributed by atoms with E-state index in [1.165, 1.54) is 54.7 Å². The fourth-order valence-electron chi connectivity index (χ4n) is 11.2. The van der Waals surface area contributed by atoms with Gasteiger partial charge in [0.15, 0.2) is 11.5 Å². The normalized spacial score (nSPS) is 21.2. The molecule has 2 aliphatic heterocycles. The van der Waals surface area contributed by atoms with Gasteiger partial charge >= 0.3 is 0 Å². The molecule has 6 heterocycles. The van der Waals surface area contributed by atoms with Gasteiger partial charge in [-0.15, -0.1) is 0 Å². The Morgan fingerprint density at radius 2 is 1.47 bits per heavy atom. The number of allylic oxidation sites excluding steroid dienone is 1. The van der Waals surface area contributed by atoms with E-state index in [9.17, 15) is 0 Å². The topological polar surface area (TPSA) is 102 Å². The molecule has 0 amide bonds. The van der Waals surface area contributed by atoms with Crippen molar-refractivity contribution in [2.24, 2.45) is 0 Å². The van der Waals surface area contributed by atoms with Crippen molar-refractivity contribution < 1.29 is 8.83 Å². The van der Waals surface area contributed by atoms with Crippen LogP contribution in [0.1, 0.15) is 46.7 Å². The van der Waals surface area contributed by atoms with E-state index >= 15 is 0 Å². The first-order valence-corrected chi connectivity index (χ1v) is 20.6. The van der Waals surface area contributed by atoms with Crippen LogP contribution in [0.2, 0.25) is 0 Å². The lowest BCUT2D eigenvalue weighted by molar-refractivity contribution is 0.538. The second kappa shape index (κ2) is 10.8. The number of benzene rings is 6. The molecule has 6 aromatic carbocycles. The van der Waals surface area contributed by atoms with Gasteiger partial charge in [0.25, 0.3) is 0 Å². The van der Waals surface area contributed by atoms with E-state index in [-0.39, 0.29) is 18.0 Å². The van der Waals surface area contributed by atoms with E-state index in [0.29, 0.717) is 23.8 Å². The molecule has 0 saturated heterocycles. The van der Waals surface area contributed by atoms with Gasteiger partial charge in [0.2, 0.25) is 0 Å². The van der Waals surface area contributed by atoms with Crippen LogP contribution in [-0.2, 0) is 12.8 Å². The lowest BCUT2D eigenvalue weighted by Crippen LogP contribution is -2.29. The van der Waals surface area contributed by atoms with Crippen molar-refractivity contribution in [2.45, 2.75) is 43.2 Å². The highest BCUT2D eigenvalue weighted by atomic mass is 16.3. The Balaban J connectivity index is 0.899. The molecule has 4 atom stereocenters. The molecule has 278 valence electrons. The third-order valence-corrected chi connectivity index (χ3v) is 13.7. The van der Waals surface area contributed by atoms with Gasteiger partial charge in [-0.1, -0.05) is 91.0 Å². The van der Waals surface area contributed by atoms with E-state index in [1.54, 1.807) is 0 Å². The lowest BCUT2D eigenvalue weighted by Gasteiger charge is -2.30. The van der Waals surface area contributed by atoms with Gasteiger partial charge in [-0.2, -0.15) is 0 Å². The van der Waals surface area contributed by atoms with Crippen LogP contribution in [0, 0.1) is 0 Å². The molecule has 10 aromatic rings. The van der Waals surface area contributed by atoms with Gasteiger partial charge in [-0.05, 0) is 86.8 Å². The second-order valence-corrected chi connectivity index (χ2v) is 16.9. The summed E-state index contributed by atoms with van der Waals surface area (Å²) < 4.78 is 13.0. The number of aryl methyl sites for hydroxylation is 1. The second-order valence-electron chi connectivity index (χ2n) is 16.9. The highest BCUT2D eigenvalue weighted by Gasteiger charge is 2.39. The molecule has 2 N–H and O–H groups in total. The molecule has 0 fully saturated rings. The van der Waals surface area contributed by atoms with Gasteiger partial charge in [-0.25, -0.2) is 19.9 Å². The molecule has 0 saturated carbocycles. The first-order valence-electron chi connectivity index (χ1n) is 20.6. The maximum absolute atomic E-state index is 6.53. The van der Waals surface area contributed by atoms with E-state index in [0.717, 1.165) is 79.8 Å². The fraction of sp³-hybridized carbons (Fsp3) is 0.137. The Morgan fingerprint density at radius 1 is 0.644 bits per heavy atom. The minimum Gasteiger partial charge on any atom is -0.460 e. The summed E-state index contributed by atoms with van der Waals surface area (Å²) in [6.45, 7) is 0. The summed E-state index contributed by atoms with van der Waals surface area (Å²) in [5.41, 5.74) is 11.7. The third kappa shape index (κ3) is 4.12. The summed E-state index contributed by atoms with van der Waals surface area (Å²) in [6, 6.07) is 32.3. The van der Waals surface area contributed by atoms with Crippen molar-refractivity contribution >= 4 is 89.1 Å². The van der Waals surface area contributed by atoms with Gasteiger partial charge < -0.3 is 19.5 Å². The fourth-order valence-corrected chi connectivity index (χ4v) is 11.2. The molecular weight excluding hydrogens is 729 g/mol. The van der Waals surface area contributed by atoms with Crippen molar-refractivity contribution in [3.63, 3.8) is 0 Å². The van der Waals surface area contributed by atoms with E-state index < -0.39 is 0 Å². The molecule has 5 aliphatic rings. The van der Waals surface area contributed by atoms with Crippen LogP contribution in [0.25, 0.3) is 89.0 Å². The number of anilines is 2. The van der Waals surface area contributed by atoms with Crippen molar-refractivity contribution in [3.8, 4) is 11.4 Å². The zero-order valence-electron chi connectivity index (χ0n) is 31.6. The highest BCUT2D eigenvalue weighted by Crippen LogP contribution is 2.50. The number of furan rings is 2. The standard InChI is InChI=1S/C51H32N6O2/c1-4-24-10-13-27-18-30(21-36-42(27)41(24)34(7-1)52-36)33-16-17-35-47-50(53-33)56-49(32-20-29-15-12-26-6-3-9-38-44(26)46(29)40(23-32)59-38)57-51(47)55-48(54-35)31-19-28-14-11-25-5-2-8-37-43(25)45(28)39(22-31)58-37/h1-15,18-21,23,31,33,36,42,52H,16-17,22H2,(H,53,54,55,56,57). The maximum Gasteiger partial charge on any atom is 0.169 e. The molecule has 59 heavy (non-hydrogen) atoms. The summed E-state index contributed by atoms with van der Waals surface area (Å²) in [7, 11) is 0. The molecule has 4 unspecified atom stereocenters. The van der Waals surface area contributed by atoms with Crippen molar-refractivity contribution in [1.82, 2.24) is 19.9 Å². The molecule has 8 heteroatoms. The molecule has 4 aromatic heterocycles. The number of rotatable bonds is 3. The largest absolute Gasteiger partial charge is 0.460 e. The highest BCUT2D eigenvalue weighted by molar-refractivity contribution is 6.22. The SMILES string of the molecule is C1=Cc2cccc3c2C2C1=CC(C1CCc4nc(C5C=c6ccc7cccc8oc(c6c78)C5)nc5nc(-c6cc7ccc8cccc9oc(c6)c7c89)nc(c45)N1)=CC2N3. The minimum absolute atomic E-state index is 0.00389. The van der Waals surface area contributed by atoms with Gasteiger partial charge in [0.05, 0.1) is 23.2 Å². The Kier molecular flexibility index (Phi) is 5.63. The molecule has 0 spiro atoms. The number of nitrogens with zero attached hydrogens (tertiary/aromatic N) is 4. The Labute approximate surface area is 336 Å². The number of nitrogens with one attached hydrogen (secondary N) is 2. The maximum atomic E-state index is 6.53. The third-order valence-electron chi connectivity index (χ3n) is 13.7. The average Bonchev–Trinajstić information content (AvgIpc) is 3.93. The van der Waals surface area contributed by atoms with Crippen LogP contribution in [-0.4, -0.2) is 32.0 Å². The molecular formula is C51H32N6O2. The van der Waals surface area contributed by atoms with Crippen LogP contribution < -0.4 is 15.9 Å². The van der Waals surface area contributed by atoms with Crippen LogP contribution >= 0.6 is 0 Å². The van der Waals surface area contributed by atoms with Gasteiger partial charge in [0, 0.05) is 51.1 Å². The molecule has 0 radical (unpaired) electrons. The van der Waals surface area contributed by atoms with Crippen LogP contribution in [0.3, 0.4) is 0 Å². The summed E-state index contributed by atoms with van der Waals surface area (Å²) in [5.74, 6) is 3.37. The predicted octanol–water partition coefficient (Wildman–Crippen LogP) is 10.5. The Bertz CT molecular complexity index is 3700. The molecule has 15 rings (SSSR count). The predicted molar refractivity (Wildman–Crippen MR) is 234 cm³/mol. The Hall–Kier alpha value is -7.32. The quantitative estimate of drug-likeness (QED) is 0.172. The smallest absolute Gasteiger partial charge is 0.169 e. The first kappa shape index (κ1) is 30.8. The number of hydrogen-bond acceptors (Lipinski definition) is 8. The number of hydrogen-bond donors (Lipinski definition) is 2. The van der Waals surface area contributed by atoms with Gasteiger partial charge in [0.1, 0.15) is 34.2 Å². The zero-order valence-corrected chi connectivity index (χ0v) is 31.6. The number of aromatic nitrogens is 4. The van der Waals surface area contributed by atoms with E-state index in [4.69, 9.17) is 28.8 Å². The van der Waals surface area contributed by atoms with E-state index in [1.807, 2.05) is 12.1 Å². The summed E-state index contributed by atoms with van der Waals surface area (Å²) in [6.07, 6.45) is 14.0. The van der Waals surface area contributed by atoms with Gasteiger partial charge in [-0.3, -0.25) is 0 Å². The summed E-state index contributed by atoms with van der Waals surface area (Å²) in [4.78, 5) is 21.4. The van der Waals surface area contributed by atoms with Crippen LogP contribution in [0.15, 0.2) is 129 Å². The van der Waals surface area contributed by atoms with Crippen molar-refractivity contribution in [2.75, 3.05) is 10.6 Å². The monoisotopic (exact) mass is 760 g/mol. The summed E-state index contributed by atoms with van der Waals surface area (Å²) >= 11 is 0. The first-order chi connectivity index (χ1) is 29.1. The average molecular weight is 761 g/mol. The van der Waals surface area contributed by atoms with E-state index in [2.05, 4.69) is 120 Å². The summed E-state index contributed by atoms with van der Waals surface area (Å²) in [5, 5.41) is 18.0.